The molecule has 1 nitrogen and oxygen atoms in total. The van der Waals surface area contributed by atoms with Crippen LogP contribution >= 0.6 is 0 Å². The molecular formula is C17H18O. The predicted octanol–water partition coefficient (Wildman–Crippen LogP) is 3.76. The first-order valence-electron chi connectivity index (χ1n) is 6.52. The third-order valence-corrected chi connectivity index (χ3v) is 3.95. The molecule has 0 radical (unpaired) electrons. The van der Waals surface area contributed by atoms with Crippen molar-refractivity contribution in [1.82, 2.24) is 0 Å². The van der Waals surface area contributed by atoms with E-state index >= 15 is 0 Å². The lowest BCUT2D eigenvalue weighted by molar-refractivity contribution is 0.173. The van der Waals surface area contributed by atoms with E-state index in [1.807, 2.05) is 0 Å². The van der Waals surface area contributed by atoms with Crippen LogP contribution in [0.5, 0.6) is 0 Å². The van der Waals surface area contributed by atoms with E-state index in [4.69, 9.17) is 4.74 Å². The van der Waals surface area contributed by atoms with Crippen LogP contribution in [0.1, 0.15) is 28.5 Å². The summed E-state index contributed by atoms with van der Waals surface area (Å²) in [6, 6.07) is 19.6. The molecule has 2 aromatic carbocycles. The summed E-state index contributed by atoms with van der Waals surface area (Å²) in [7, 11) is 1.79. The fourth-order valence-corrected chi connectivity index (χ4v) is 3.11. The van der Waals surface area contributed by atoms with Gasteiger partial charge in [0.1, 0.15) is 0 Å². The van der Waals surface area contributed by atoms with Gasteiger partial charge in [-0.25, -0.2) is 0 Å². The van der Waals surface area contributed by atoms with Gasteiger partial charge in [-0.1, -0.05) is 54.6 Å². The maximum absolute atomic E-state index is 5.43. The fourth-order valence-electron chi connectivity index (χ4n) is 3.11. The Morgan fingerprint density at radius 3 is 2.50 bits per heavy atom. The van der Waals surface area contributed by atoms with Crippen molar-refractivity contribution in [2.24, 2.45) is 0 Å². The van der Waals surface area contributed by atoms with Gasteiger partial charge in [-0.05, 0) is 29.0 Å². The zero-order chi connectivity index (χ0) is 12.4. The Hall–Kier alpha value is -1.60. The van der Waals surface area contributed by atoms with Crippen LogP contribution in [-0.2, 0) is 11.2 Å². The van der Waals surface area contributed by atoms with Crippen molar-refractivity contribution in [3.05, 3.63) is 71.3 Å². The van der Waals surface area contributed by atoms with Crippen LogP contribution in [0.25, 0.3) is 0 Å². The lowest BCUT2D eigenvalue weighted by Crippen LogP contribution is -2.11. The third kappa shape index (κ3) is 1.95. The Bertz CT molecular complexity index is 518. The van der Waals surface area contributed by atoms with Crippen molar-refractivity contribution in [2.45, 2.75) is 18.3 Å². The normalized spacial score (nSPS) is 21.8. The van der Waals surface area contributed by atoms with Crippen LogP contribution in [0.4, 0.5) is 0 Å². The maximum Gasteiger partial charge on any atom is 0.0537 e. The van der Waals surface area contributed by atoms with Crippen LogP contribution in [0.2, 0.25) is 0 Å². The Morgan fingerprint density at radius 1 is 1.00 bits per heavy atom. The van der Waals surface area contributed by atoms with E-state index in [-0.39, 0.29) is 0 Å². The Kier molecular flexibility index (Phi) is 3.16. The van der Waals surface area contributed by atoms with Crippen LogP contribution in [0.15, 0.2) is 54.6 Å². The van der Waals surface area contributed by atoms with Gasteiger partial charge < -0.3 is 4.74 Å². The topological polar surface area (TPSA) is 9.23 Å². The van der Waals surface area contributed by atoms with Gasteiger partial charge in [-0.15, -0.1) is 0 Å². The lowest BCUT2D eigenvalue weighted by atomic mass is 9.87. The van der Waals surface area contributed by atoms with E-state index < -0.39 is 0 Å². The molecule has 0 N–H and O–H groups in total. The number of ether oxygens (including phenoxy) is 1. The van der Waals surface area contributed by atoms with Crippen LogP contribution < -0.4 is 0 Å². The standard InChI is InChI=1S/C17H18O/c1-18-12-17-15-10-6-5-9-14(15)11-16(17)13-7-3-2-4-8-13/h2-10,16-17H,11-12H2,1H3. The molecule has 1 aliphatic carbocycles. The summed E-state index contributed by atoms with van der Waals surface area (Å²) in [4.78, 5) is 0. The summed E-state index contributed by atoms with van der Waals surface area (Å²) in [5, 5.41) is 0. The second kappa shape index (κ2) is 4.95. The molecule has 0 aromatic heterocycles. The van der Waals surface area contributed by atoms with E-state index in [2.05, 4.69) is 54.6 Å². The molecule has 0 spiro atoms. The molecule has 0 saturated carbocycles. The molecule has 18 heavy (non-hydrogen) atoms. The third-order valence-electron chi connectivity index (χ3n) is 3.95. The summed E-state index contributed by atoms with van der Waals surface area (Å²) in [5.41, 5.74) is 4.37. The van der Waals surface area contributed by atoms with Crippen molar-refractivity contribution in [1.29, 1.82) is 0 Å². The predicted molar refractivity (Wildman–Crippen MR) is 73.9 cm³/mol. The molecular weight excluding hydrogens is 220 g/mol. The Balaban J connectivity index is 1.98. The summed E-state index contributed by atoms with van der Waals surface area (Å²) in [5.74, 6) is 1.05. The molecule has 2 unspecified atom stereocenters. The highest BCUT2D eigenvalue weighted by atomic mass is 16.5. The van der Waals surface area contributed by atoms with Gasteiger partial charge in [0.25, 0.3) is 0 Å². The average Bonchev–Trinajstić information content (AvgIpc) is 2.80. The van der Waals surface area contributed by atoms with Crippen LogP contribution in [0.3, 0.4) is 0 Å². The average molecular weight is 238 g/mol. The lowest BCUT2D eigenvalue weighted by Gasteiger charge is -2.20. The number of fused-ring (bicyclic) bond motifs is 1. The highest BCUT2D eigenvalue weighted by molar-refractivity contribution is 5.41. The van der Waals surface area contributed by atoms with Gasteiger partial charge in [0.15, 0.2) is 0 Å². The monoisotopic (exact) mass is 238 g/mol. The number of methoxy groups -OCH3 is 1. The van der Waals surface area contributed by atoms with Gasteiger partial charge in [-0.3, -0.25) is 0 Å². The molecule has 2 aromatic rings. The molecule has 0 saturated heterocycles. The summed E-state index contributed by atoms with van der Waals surface area (Å²) in [6.45, 7) is 0.802. The quantitative estimate of drug-likeness (QED) is 0.791. The second-order valence-electron chi connectivity index (χ2n) is 4.98. The number of rotatable bonds is 3. The first-order valence-corrected chi connectivity index (χ1v) is 6.52. The molecule has 0 heterocycles. The molecule has 0 fully saturated rings. The highest BCUT2D eigenvalue weighted by Gasteiger charge is 2.32. The van der Waals surface area contributed by atoms with E-state index in [1.165, 1.54) is 16.7 Å². The second-order valence-corrected chi connectivity index (χ2v) is 4.98. The van der Waals surface area contributed by atoms with Crippen LogP contribution in [-0.4, -0.2) is 13.7 Å². The van der Waals surface area contributed by atoms with E-state index in [0.29, 0.717) is 11.8 Å². The van der Waals surface area contributed by atoms with Crippen molar-refractivity contribution in [3.8, 4) is 0 Å². The SMILES string of the molecule is COCC1c2ccccc2CC1c1ccccc1. The summed E-state index contributed by atoms with van der Waals surface area (Å²) >= 11 is 0. The molecule has 1 heteroatoms. The first-order chi connectivity index (χ1) is 8.90. The van der Waals surface area contributed by atoms with Crippen molar-refractivity contribution in [3.63, 3.8) is 0 Å². The van der Waals surface area contributed by atoms with Crippen molar-refractivity contribution < 1.29 is 4.74 Å². The van der Waals surface area contributed by atoms with E-state index in [1.54, 1.807) is 7.11 Å². The summed E-state index contributed by atoms with van der Waals surface area (Å²) in [6.07, 6.45) is 1.13. The van der Waals surface area contributed by atoms with Crippen LogP contribution in [0, 0.1) is 0 Å². The van der Waals surface area contributed by atoms with Crippen molar-refractivity contribution >= 4 is 0 Å². The highest BCUT2D eigenvalue weighted by Crippen LogP contribution is 2.43. The molecule has 92 valence electrons. The molecule has 0 aliphatic heterocycles. The number of hydrogen-bond acceptors (Lipinski definition) is 1. The Labute approximate surface area is 108 Å². The number of hydrogen-bond donors (Lipinski definition) is 0. The molecule has 0 amide bonds. The molecule has 0 bridgehead atoms. The maximum atomic E-state index is 5.43. The zero-order valence-corrected chi connectivity index (χ0v) is 10.7. The molecule has 2 atom stereocenters. The molecule has 1 aliphatic rings. The van der Waals surface area contributed by atoms with Gasteiger partial charge in [0, 0.05) is 13.0 Å². The van der Waals surface area contributed by atoms with Gasteiger partial charge in [-0.2, -0.15) is 0 Å². The zero-order valence-electron chi connectivity index (χ0n) is 10.7. The van der Waals surface area contributed by atoms with E-state index in [0.717, 1.165) is 13.0 Å². The van der Waals surface area contributed by atoms with Gasteiger partial charge in [0.2, 0.25) is 0 Å². The Morgan fingerprint density at radius 2 is 1.72 bits per heavy atom. The van der Waals surface area contributed by atoms with Gasteiger partial charge in [0.05, 0.1) is 6.61 Å². The van der Waals surface area contributed by atoms with Gasteiger partial charge >= 0.3 is 0 Å². The first kappa shape index (κ1) is 11.5. The summed E-state index contributed by atoms with van der Waals surface area (Å²) < 4.78 is 5.43. The largest absolute Gasteiger partial charge is 0.384 e. The fraction of sp³-hybridized carbons (Fsp3) is 0.294. The minimum atomic E-state index is 0.494. The minimum Gasteiger partial charge on any atom is -0.384 e. The van der Waals surface area contributed by atoms with E-state index in [9.17, 15) is 0 Å². The minimum absolute atomic E-state index is 0.494. The number of benzene rings is 2. The molecule has 3 rings (SSSR count). The van der Waals surface area contributed by atoms with Crippen molar-refractivity contribution in [2.75, 3.05) is 13.7 Å². The smallest absolute Gasteiger partial charge is 0.0537 e.